The summed E-state index contributed by atoms with van der Waals surface area (Å²) in [5.41, 5.74) is 3.95. The van der Waals surface area contributed by atoms with Gasteiger partial charge in [-0.2, -0.15) is 13.2 Å². The summed E-state index contributed by atoms with van der Waals surface area (Å²) >= 11 is 0. The second kappa shape index (κ2) is 13.1. The third-order valence-electron chi connectivity index (χ3n) is 8.97. The standard InChI is InChI=1S/C35H41F3N8/c1-24(44-22-18-30(19-23-44)43(3)4)26-8-12-28(13-9-26)39-25(2)40-29-14-10-27(11-15-29)33-41-34(45-20-6-5-7-21-45)31-16-17-32(35(36,37)38)46(31)42-33/h8-17,30,39-40H,1-2,5-7,18-23H2,3-4H3. The van der Waals surface area contributed by atoms with Gasteiger partial charge in [-0.1, -0.05) is 25.3 Å². The molecule has 6 rings (SSSR count). The Kier molecular flexibility index (Phi) is 8.95. The molecule has 4 aromatic rings. The molecule has 2 aliphatic rings. The Labute approximate surface area is 268 Å². The average molecular weight is 631 g/mol. The van der Waals surface area contributed by atoms with Crippen molar-refractivity contribution in [3.05, 3.63) is 90.9 Å². The molecule has 0 aliphatic carbocycles. The maximum atomic E-state index is 13.8. The quantitative estimate of drug-likeness (QED) is 0.200. The molecular formula is C35H41F3N8. The molecule has 4 heterocycles. The smallest absolute Gasteiger partial charge is 0.371 e. The molecule has 2 saturated heterocycles. The van der Waals surface area contributed by atoms with Gasteiger partial charge in [-0.25, -0.2) is 9.50 Å². The summed E-state index contributed by atoms with van der Waals surface area (Å²) < 4.78 is 42.5. The molecule has 0 radical (unpaired) electrons. The first-order valence-corrected chi connectivity index (χ1v) is 15.8. The zero-order valence-electron chi connectivity index (χ0n) is 26.4. The number of nitrogens with zero attached hydrogens (tertiary/aromatic N) is 6. The molecule has 0 saturated carbocycles. The SMILES string of the molecule is C=C(Nc1ccc(C(=C)N2CCC(N(C)C)CC2)cc1)Nc1ccc(-c2nc(N3CCCCC3)c3ccc(C(F)(F)F)n3n2)cc1. The minimum absolute atomic E-state index is 0.238. The highest BCUT2D eigenvalue weighted by molar-refractivity contribution is 5.73. The largest absolute Gasteiger partial charge is 0.433 e. The molecule has 0 amide bonds. The molecule has 46 heavy (non-hydrogen) atoms. The van der Waals surface area contributed by atoms with Crippen LogP contribution in [0.25, 0.3) is 22.6 Å². The number of benzene rings is 2. The van der Waals surface area contributed by atoms with Crippen LogP contribution < -0.4 is 15.5 Å². The van der Waals surface area contributed by atoms with Gasteiger partial charge >= 0.3 is 6.18 Å². The summed E-state index contributed by atoms with van der Waals surface area (Å²) in [5, 5.41) is 10.9. The molecule has 2 aliphatic heterocycles. The van der Waals surface area contributed by atoms with Gasteiger partial charge in [0.25, 0.3) is 0 Å². The van der Waals surface area contributed by atoms with Gasteiger partial charge in [-0.3, -0.25) is 0 Å². The number of hydrogen-bond donors (Lipinski definition) is 2. The number of aromatic nitrogens is 3. The van der Waals surface area contributed by atoms with Gasteiger partial charge in [-0.05, 0) is 100 Å². The molecule has 11 heteroatoms. The maximum absolute atomic E-state index is 13.8. The molecule has 0 spiro atoms. The molecule has 2 fully saturated rings. The fraction of sp³-hybridized carbons (Fsp3) is 0.371. The van der Waals surface area contributed by atoms with Crippen LogP contribution in [0.3, 0.4) is 0 Å². The first-order chi connectivity index (χ1) is 22.1. The summed E-state index contributed by atoms with van der Waals surface area (Å²) in [5.74, 6) is 1.35. The number of nitrogens with one attached hydrogen (secondary N) is 2. The Bertz CT molecular complexity index is 1680. The highest BCUT2D eigenvalue weighted by Gasteiger charge is 2.35. The van der Waals surface area contributed by atoms with Crippen LogP contribution in [0.5, 0.6) is 0 Å². The number of anilines is 3. The first kappa shape index (κ1) is 31.5. The second-order valence-electron chi connectivity index (χ2n) is 12.3. The molecule has 2 aromatic carbocycles. The topological polar surface area (TPSA) is 64.0 Å². The Balaban J connectivity index is 1.12. The van der Waals surface area contributed by atoms with Crippen molar-refractivity contribution in [3.63, 3.8) is 0 Å². The monoisotopic (exact) mass is 630 g/mol. The lowest BCUT2D eigenvalue weighted by molar-refractivity contribution is -0.142. The molecule has 2 aromatic heterocycles. The summed E-state index contributed by atoms with van der Waals surface area (Å²) in [6.07, 6.45) is 0.790. The zero-order chi connectivity index (χ0) is 32.4. The van der Waals surface area contributed by atoms with E-state index in [1.807, 2.05) is 24.3 Å². The molecule has 0 unspecified atom stereocenters. The molecule has 8 nitrogen and oxygen atoms in total. The normalized spacial score (nSPS) is 16.2. The summed E-state index contributed by atoms with van der Waals surface area (Å²) in [6, 6.07) is 18.6. The second-order valence-corrected chi connectivity index (χ2v) is 12.3. The van der Waals surface area contributed by atoms with Crippen LogP contribution in [0, 0.1) is 0 Å². The average Bonchev–Trinajstić information content (AvgIpc) is 3.50. The highest BCUT2D eigenvalue weighted by Crippen LogP contribution is 2.34. The Morgan fingerprint density at radius 3 is 2.02 bits per heavy atom. The van der Waals surface area contributed by atoms with Crippen molar-refractivity contribution in [2.24, 2.45) is 0 Å². The van der Waals surface area contributed by atoms with Crippen molar-refractivity contribution in [1.82, 2.24) is 24.4 Å². The van der Waals surface area contributed by atoms with Crippen molar-refractivity contribution in [3.8, 4) is 11.4 Å². The van der Waals surface area contributed by atoms with Gasteiger partial charge < -0.3 is 25.3 Å². The van der Waals surface area contributed by atoms with Crippen LogP contribution in [0.4, 0.5) is 30.4 Å². The van der Waals surface area contributed by atoms with Gasteiger partial charge in [0, 0.05) is 54.9 Å². The fourth-order valence-corrected chi connectivity index (χ4v) is 6.32. The van der Waals surface area contributed by atoms with Gasteiger partial charge in [0.1, 0.15) is 17.0 Å². The Morgan fingerprint density at radius 1 is 0.826 bits per heavy atom. The van der Waals surface area contributed by atoms with E-state index in [1.54, 1.807) is 12.1 Å². The van der Waals surface area contributed by atoms with Gasteiger partial charge in [-0.15, -0.1) is 5.10 Å². The van der Waals surface area contributed by atoms with E-state index in [0.717, 1.165) is 91.5 Å². The molecule has 0 atom stereocenters. The van der Waals surface area contributed by atoms with Crippen LogP contribution in [0.1, 0.15) is 43.4 Å². The minimum atomic E-state index is -4.53. The predicted octanol–water partition coefficient (Wildman–Crippen LogP) is 7.40. The minimum Gasteiger partial charge on any atom is -0.371 e. The van der Waals surface area contributed by atoms with E-state index in [4.69, 9.17) is 4.98 Å². The lowest BCUT2D eigenvalue weighted by Gasteiger charge is -2.37. The van der Waals surface area contributed by atoms with E-state index in [9.17, 15) is 13.2 Å². The predicted molar refractivity (Wildman–Crippen MR) is 180 cm³/mol. The summed E-state index contributed by atoms with van der Waals surface area (Å²) in [7, 11) is 4.28. The van der Waals surface area contributed by atoms with Crippen molar-refractivity contribution in [2.75, 3.05) is 55.8 Å². The number of piperidine rings is 2. The third kappa shape index (κ3) is 6.84. The number of halogens is 3. The van der Waals surface area contributed by atoms with Crippen molar-refractivity contribution in [1.29, 1.82) is 0 Å². The highest BCUT2D eigenvalue weighted by atomic mass is 19.4. The van der Waals surface area contributed by atoms with Crippen molar-refractivity contribution in [2.45, 2.75) is 44.3 Å². The first-order valence-electron chi connectivity index (χ1n) is 15.8. The molecule has 0 bridgehead atoms. The Morgan fingerprint density at radius 2 is 1.43 bits per heavy atom. The van der Waals surface area contributed by atoms with E-state index in [-0.39, 0.29) is 5.82 Å². The maximum Gasteiger partial charge on any atom is 0.433 e. The fourth-order valence-electron chi connectivity index (χ4n) is 6.32. The zero-order valence-corrected chi connectivity index (χ0v) is 26.4. The van der Waals surface area contributed by atoms with Gasteiger partial charge in [0.15, 0.2) is 11.6 Å². The van der Waals surface area contributed by atoms with E-state index in [1.165, 1.54) is 6.07 Å². The van der Waals surface area contributed by atoms with Gasteiger partial charge in [0.05, 0.1) is 0 Å². The van der Waals surface area contributed by atoms with E-state index >= 15 is 0 Å². The summed E-state index contributed by atoms with van der Waals surface area (Å²) in [6.45, 7) is 12.0. The van der Waals surface area contributed by atoms with E-state index in [0.29, 0.717) is 28.8 Å². The molecule has 242 valence electrons. The van der Waals surface area contributed by atoms with E-state index < -0.39 is 11.9 Å². The van der Waals surface area contributed by atoms with Crippen molar-refractivity contribution >= 4 is 28.4 Å². The van der Waals surface area contributed by atoms with Crippen LogP contribution in [0.15, 0.2) is 79.6 Å². The lowest BCUT2D eigenvalue weighted by atomic mass is 10.0. The number of fused-ring (bicyclic) bond motifs is 1. The van der Waals surface area contributed by atoms with Crippen molar-refractivity contribution < 1.29 is 13.2 Å². The van der Waals surface area contributed by atoms with Crippen LogP contribution in [-0.4, -0.2) is 70.7 Å². The third-order valence-corrected chi connectivity index (χ3v) is 8.97. The summed E-state index contributed by atoms with van der Waals surface area (Å²) in [4.78, 5) is 11.5. The number of hydrogen-bond acceptors (Lipinski definition) is 7. The number of alkyl halides is 3. The number of rotatable bonds is 9. The number of likely N-dealkylation sites (tertiary alicyclic amines) is 1. The van der Waals surface area contributed by atoms with Crippen LogP contribution >= 0.6 is 0 Å². The molecule has 2 N–H and O–H groups in total. The van der Waals surface area contributed by atoms with Crippen LogP contribution in [-0.2, 0) is 6.18 Å². The lowest BCUT2D eigenvalue weighted by Crippen LogP contribution is -2.40. The van der Waals surface area contributed by atoms with Gasteiger partial charge in [0.2, 0.25) is 0 Å². The Hall–Kier alpha value is -4.51. The van der Waals surface area contributed by atoms with Crippen LogP contribution in [0.2, 0.25) is 0 Å². The molecular weight excluding hydrogens is 589 g/mol. The van der Waals surface area contributed by atoms with E-state index in [2.05, 4.69) is 69.8 Å².